The third kappa shape index (κ3) is 5.25. The fourth-order valence-corrected chi connectivity index (χ4v) is 2.60. The zero-order valence-corrected chi connectivity index (χ0v) is 13.8. The van der Waals surface area contributed by atoms with Crippen molar-refractivity contribution >= 4 is 28.1 Å². The molecule has 1 rings (SSSR count). The highest BCUT2D eigenvalue weighted by Gasteiger charge is 2.11. The first-order chi connectivity index (χ1) is 9.45. The van der Waals surface area contributed by atoms with E-state index in [2.05, 4.69) is 17.3 Å². The van der Waals surface area contributed by atoms with Crippen molar-refractivity contribution < 1.29 is 4.21 Å². The molecule has 0 aromatic carbocycles. The lowest BCUT2D eigenvalue weighted by molar-refractivity contribution is 0.543. The monoisotopic (exact) mass is 319 g/mol. The summed E-state index contributed by atoms with van der Waals surface area (Å²) in [4.78, 5) is 12.0. The Morgan fingerprint density at radius 2 is 2.25 bits per heavy atom. The molecule has 2 unspecified atom stereocenters. The van der Waals surface area contributed by atoms with Crippen molar-refractivity contribution in [3.05, 3.63) is 21.6 Å². The van der Waals surface area contributed by atoms with Gasteiger partial charge < -0.3 is 5.32 Å². The number of unbranched alkanes of at least 4 members (excludes halogenated alkanes) is 1. The molecule has 0 aliphatic heterocycles. The van der Waals surface area contributed by atoms with Crippen molar-refractivity contribution in [2.24, 2.45) is 0 Å². The summed E-state index contributed by atoms with van der Waals surface area (Å²) in [5, 5.41) is 7.44. The first-order valence-corrected chi connectivity index (χ1v) is 8.88. The van der Waals surface area contributed by atoms with Gasteiger partial charge in [-0.25, -0.2) is 4.68 Å². The van der Waals surface area contributed by atoms with Crippen LogP contribution in [0.1, 0.15) is 33.1 Å². The number of hydrogen-bond donors (Lipinski definition) is 1. The van der Waals surface area contributed by atoms with E-state index >= 15 is 0 Å². The Kier molecular flexibility index (Phi) is 7.23. The topological polar surface area (TPSA) is 64.0 Å². The zero-order valence-electron chi connectivity index (χ0n) is 12.2. The van der Waals surface area contributed by atoms with Crippen molar-refractivity contribution in [2.75, 3.05) is 17.3 Å². The number of halogens is 1. The Balaban J connectivity index is 2.74. The fourth-order valence-electron chi connectivity index (χ4n) is 1.71. The number of aromatic nitrogens is 2. The molecule has 114 valence electrons. The van der Waals surface area contributed by atoms with Gasteiger partial charge in [0.15, 0.2) is 0 Å². The average molecular weight is 320 g/mol. The second kappa shape index (κ2) is 8.42. The highest BCUT2D eigenvalue weighted by molar-refractivity contribution is 7.84. The molecular formula is C13H22ClN3O2S. The van der Waals surface area contributed by atoms with Crippen molar-refractivity contribution in [3.8, 4) is 0 Å². The van der Waals surface area contributed by atoms with Crippen LogP contribution in [0.4, 0.5) is 5.69 Å². The average Bonchev–Trinajstić information content (AvgIpc) is 2.41. The van der Waals surface area contributed by atoms with Crippen molar-refractivity contribution in [3.63, 3.8) is 0 Å². The van der Waals surface area contributed by atoms with Crippen LogP contribution in [-0.2, 0) is 17.3 Å². The number of nitrogens with zero attached hydrogens (tertiary/aromatic N) is 2. The number of aryl methyl sites for hydroxylation is 1. The SMILES string of the molecule is CCCCn1ncc(NC(C)CCS(C)=O)c(Cl)c1=O. The molecule has 0 aliphatic carbocycles. The van der Waals surface area contributed by atoms with Crippen molar-refractivity contribution in [1.29, 1.82) is 0 Å². The van der Waals surface area contributed by atoms with Gasteiger partial charge in [0.05, 0.1) is 11.9 Å². The molecule has 1 N–H and O–H groups in total. The van der Waals surface area contributed by atoms with Gasteiger partial charge in [-0.1, -0.05) is 24.9 Å². The van der Waals surface area contributed by atoms with Crippen LogP contribution in [0.15, 0.2) is 11.0 Å². The second-order valence-electron chi connectivity index (χ2n) is 4.87. The second-order valence-corrected chi connectivity index (χ2v) is 6.80. The van der Waals surface area contributed by atoms with Crippen LogP contribution in [0.5, 0.6) is 0 Å². The van der Waals surface area contributed by atoms with Crippen LogP contribution >= 0.6 is 11.6 Å². The van der Waals surface area contributed by atoms with Gasteiger partial charge in [-0.05, 0) is 19.8 Å². The smallest absolute Gasteiger partial charge is 0.287 e. The maximum atomic E-state index is 12.0. The molecule has 7 heteroatoms. The molecule has 0 aliphatic rings. The van der Waals surface area contributed by atoms with Crippen LogP contribution in [0.25, 0.3) is 0 Å². The number of hydrogen-bond acceptors (Lipinski definition) is 4. The molecule has 2 atom stereocenters. The summed E-state index contributed by atoms with van der Waals surface area (Å²) in [6.07, 6.45) is 5.90. The minimum Gasteiger partial charge on any atom is -0.380 e. The molecule has 1 heterocycles. The molecular weight excluding hydrogens is 298 g/mol. The Morgan fingerprint density at radius 3 is 2.85 bits per heavy atom. The maximum absolute atomic E-state index is 12.0. The molecule has 0 bridgehead atoms. The summed E-state index contributed by atoms with van der Waals surface area (Å²) in [6, 6.07) is 0.0871. The fraction of sp³-hybridized carbons (Fsp3) is 0.692. The van der Waals surface area contributed by atoms with E-state index in [1.807, 2.05) is 6.92 Å². The highest BCUT2D eigenvalue weighted by Crippen LogP contribution is 2.17. The van der Waals surface area contributed by atoms with Gasteiger partial charge in [-0.2, -0.15) is 5.10 Å². The van der Waals surface area contributed by atoms with E-state index in [9.17, 15) is 9.00 Å². The molecule has 20 heavy (non-hydrogen) atoms. The third-order valence-electron chi connectivity index (χ3n) is 2.95. The van der Waals surface area contributed by atoms with Crippen LogP contribution in [0, 0.1) is 0 Å². The van der Waals surface area contributed by atoms with Crippen LogP contribution in [-0.4, -0.2) is 32.0 Å². The minimum absolute atomic E-state index is 0.0871. The number of rotatable bonds is 8. The first-order valence-electron chi connectivity index (χ1n) is 6.77. The Hall–Kier alpha value is -0.880. The van der Waals surface area contributed by atoms with Gasteiger partial charge in [0.2, 0.25) is 0 Å². The molecule has 0 spiro atoms. The molecule has 0 radical (unpaired) electrons. The summed E-state index contributed by atoms with van der Waals surface area (Å²) < 4.78 is 12.4. The molecule has 1 aromatic rings. The van der Waals surface area contributed by atoms with E-state index in [-0.39, 0.29) is 16.6 Å². The standard InChI is InChI=1S/C13H22ClN3O2S/c1-4-5-7-17-13(18)12(14)11(9-15-17)16-10(2)6-8-20(3)19/h9-10,16H,4-8H2,1-3H3. The van der Waals surface area contributed by atoms with Crippen LogP contribution < -0.4 is 10.9 Å². The van der Waals surface area contributed by atoms with Crippen molar-refractivity contribution in [2.45, 2.75) is 45.7 Å². The van der Waals surface area contributed by atoms with E-state index in [0.717, 1.165) is 19.3 Å². The summed E-state index contributed by atoms with van der Waals surface area (Å²) >= 11 is 6.09. The van der Waals surface area contributed by atoms with Crippen molar-refractivity contribution in [1.82, 2.24) is 9.78 Å². The molecule has 5 nitrogen and oxygen atoms in total. The molecule has 1 aromatic heterocycles. The lowest BCUT2D eigenvalue weighted by Crippen LogP contribution is -2.26. The Bertz CT molecular complexity index is 519. The molecule has 0 saturated heterocycles. The van der Waals surface area contributed by atoms with E-state index in [0.29, 0.717) is 18.0 Å². The summed E-state index contributed by atoms with van der Waals surface area (Å²) in [5.41, 5.74) is 0.273. The summed E-state index contributed by atoms with van der Waals surface area (Å²) in [5.74, 6) is 0.618. The molecule has 0 amide bonds. The van der Waals surface area contributed by atoms with Gasteiger partial charge >= 0.3 is 0 Å². The van der Waals surface area contributed by atoms with E-state index < -0.39 is 10.8 Å². The van der Waals surface area contributed by atoms with E-state index in [4.69, 9.17) is 11.6 Å². The van der Waals surface area contributed by atoms with E-state index in [1.54, 1.807) is 12.5 Å². The quantitative estimate of drug-likeness (QED) is 0.798. The lowest BCUT2D eigenvalue weighted by atomic mass is 10.2. The van der Waals surface area contributed by atoms with E-state index in [1.165, 1.54) is 4.68 Å². The predicted octanol–water partition coefficient (Wildman–Crippen LogP) is 2.27. The van der Waals surface area contributed by atoms with Gasteiger partial charge in [0, 0.05) is 35.4 Å². The number of anilines is 1. The van der Waals surface area contributed by atoms with Gasteiger partial charge in [0.1, 0.15) is 5.02 Å². The number of nitrogens with one attached hydrogen (secondary N) is 1. The van der Waals surface area contributed by atoms with Crippen LogP contribution in [0.2, 0.25) is 5.02 Å². The van der Waals surface area contributed by atoms with Gasteiger partial charge in [-0.3, -0.25) is 9.00 Å². The Morgan fingerprint density at radius 1 is 1.55 bits per heavy atom. The first kappa shape index (κ1) is 17.2. The summed E-state index contributed by atoms with van der Waals surface area (Å²) in [7, 11) is -0.816. The molecule has 0 fully saturated rings. The lowest BCUT2D eigenvalue weighted by Gasteiger charge is -2.16. The van der Waals surface area contributed by atoms with Gasteiger partial charge in [-0.15, -0.1) is 0 Å². The maximum Gasteiger partial charge on any atom is 0.287 e. The normalized spacial score (nSPS) is 14.0. The predicted molar refractivity (Wildman–Crippen MR) is 85.1 cm³/mol. The zero-order chi connectivity index (χ0) is 15.1. The minimum atomic E-state index is -0.816. The third-order valence-corrected chi connectivity index (χ3v) is 4.12. The largest absolute Gasteiger partial charge is 0.380 e. The highest BCUT2D eigenvalue weighted by atomic mass is 35.5. The summed E-state index contributed by atoms with van der Waals surface area (Å²) in [6.45, 7) is 4.60. The van der Waals surface area contributed by atoms with Crippen LogP contribution in [0.3, 0.4) is 0 Å². The molecule has 0 saturated carbocycles. The Labute approximate surface area is 127 Å². The van der Waals surface area contributed by atoms with Gasteiger partial charge in [0.25, 0.3) is 5.56 Å².